The third-order valence-corrected chi connectivity index (χ3v) is 4.81. The minimum Gasteiger partial charge on any atom is -0.381 e. The number of ether oxygens (including phenoxy) is 1. The van der Waals surface area contributed by atoms with Gasteiger partial charge in [-0.2, -0.15) is 9.50 Å². The summed E-state index contributed by atoms with van der Waals surface area (Å²) in [6.45, 7) is 6.44. The molecule has 1 aromatic carbocycles. The maximum Gasteiger partial charge on any atom is 0.254 e. The number of benzene rings is 1. The Bertz CT molecular complexity index is 883. The molecule has 130 valence electrons. The molecule has 1 N–H and O–H groups in total. The Morgan fingerprint density at radius 3 is 2.76 bits per heavy atom. The van der Waals surface area contributed by atoms with E-state index < -0.39 is 0 Å². The lowest BCUT2D eigenvalue weighted by Gasteiger charge is -2.22. The molecule has 1 aliphatic rings. The normalized spacial score (nSPS) is 15.6. The molecule has 0 spiro atoms. The first-order valence-electron chi connectivity index (χ1n) is 8.81. The molecule has 0 atom stereocenters. The van der Waals surface area contributed by atoms with Crippen molar-refractivity contribution in [1.82, 2.24) is 19.6 Å². The maximum atomic E-state index is 5.49. The summed E-state index contributed by atoms with van der Waals surface area (Å²) in [5, 5.41) is 8.00. The fraction of sp³-hybridized carbons (Fsp3) is 0.421. The summed E-state index contributed by atoms with van der Waals surface area (Å²) in [5.41, 5.74) is 4.67. The quantitative estimate of drug-likeness (QED) is 0.792. The summed E-state index contributed by atoms with van der Waals surface area (Å²) in [6, 6.07) is 10.5. The summed E-state index contributed by atoms with van der Waals surface area (Å²) in [4.78, 5) is 9.11. The molecule has 0 radical (unpaired) electrons. The molecule has 25 heavy (non-hydrogen) atoms. The first-order valence-corrected chi connectivity index (χ1v) is 8.81. The van der Waals surface area contributed by atoms with Crippen LogP contribution in [0.25, 0.3) is 5.78 Å². The standard InChI is InChI=1S/C19H23N5O/c1-13-5-3-4-6-16(13)12-20-18-22-19-21-14(2)11-17(24(19)23-18)15-7-9-25-10-8-15/h3-6,11,15H,7-10,12H2,1-2H3,(H,20,23). The van der Waals surface area contributed by atoms with E-state index in [0.29, 0.717) is 24.2 Å². The molecule has 6 heteroatoms. The largest absolute Gasteiger partial charge is 0.381 e. The van der Waals surface area contributed by atoms with Crippen LogP contribution in [-0.2, 0) is 11.3 Å². The van der Waals surface area contributed by atoms with Crippen molar-refractivity contribution in [3.63, 3.8) is 0 Å². The van der Waals surface area contributed by atoms with Gasteiger partial charge in [-0.15, -0.1) is 5.10 Å². The number of rotatable bonds is 4. The van der Waals surface area contributed by atoms with Gasteiger partial charge in [0.25, 0.3) is 5.78 Å². The highest BCUT2D eigenvalue weighted by atomic mass is 16.5. The Hall–Kier alpha value is -2.47. The van der Waals surface area contributed by atoms with E-state index in [0.717, 1.165) is 31.7 Å². The zero-order chi connectivity index (χ0) is 17.2. The Balaban J connectivity index is 1.62. The van der Waals surface area contributed by atoms with Gasteiger partial charge in [0.05, 0.1) is 5.69 Å². The van der Waals surface area contributed by atoms with Crippen LogP contribution in [0.3, 0.4) is 0 Å². The van der Waals surface area contributed by atoms with E-state index in [2.05, 4.69) is 57.6 Å². The zero-order valence-corrected chi connectivity index (χ0v) is 14.7. The minimum absolute atomic E-state index is 0.448. The lowest BCUT2D eigenvalue weighted by molar-refractivity contribution is 0.0840. The Labute approximate surface area is 147 Å². The molecule has 0 unspecified atom stereocenters. The van der Waals surface area contributed by atoms with E-state index in [1.165, 1.54) is 16.8 Å². The summed E-state index contributed by atoms with van der Waals surface area (Å²) in [7, 11) is 0. The number of nitrogens with one attached hydrogen (secondary N) is 1. The van der Waals surface area contributed by atoms with Crippen molar-refractivity contribution in [3.05, 3.63) is 52.8 Å². The number of fused-ring (bicyclic) bond motifs is 1. The van der Waals surface area contributed by atoms with Crippen LogP contribution in [-0.4, -0.2) is 32.8 Å². The van der Waals surface area contributed by atoms with Crippen LogP contribution in [0.1, 0.15) is 41.3 Å². The van der Waals surface area contributed by atoms with Crippen LogP contribution in [0.4, 0.5) is 5.95 Å². The summed E-state index contributed by atoms with van der Waals surface area (Å²) < 4.78 is 7.39. The van der Waals surface area contributed by atoms with Crippen molar-refractivity contribution in [3.8, 4) is 0 Å². The Kier molecular flexibility index (Phi) is 4.36. The molecule has 2 aromatic heterocycles. The molecule has 1 aliphatic heterocycles. The molecule has 3 aromatic rings. The van der Waals surface area contributed by atoms with Gasteiger partial charge in [-0.05, 0) is 43.9 Å². The molecule has 0 saturated carbocycles. The number of nitrogens with zero attached hydrogens (tertiary/aromatic N) is 4. The minimum atomic E-state index is 0.448. The van der Waals surface area contributed by atoms with E-state index in [1.807, 2.05) is 11.4 Å². The summed E-state index contributed by atoms with van der Waals surface area (Å²) in [6.07, 6.45) is 2.04. The van der Waals surface area contributed by atoms with Gasteiger partial charge in [-0.25, -0.2) is 4.98 Å². The molecule has 0 aliphatic carbocycles. The second kappa shape index (κ2) is 6.80. The van der Waals surface area contributed by atoms with Crippen molar-refractivity contribution in [2.75, 3.05) is 18.5 Å². The number of aromatic nitrogens is 4. The predicted octanol–water partition coefficient (Wildman–Crippen LogP) is 3.25. The monoisotopic (exact) mass is 337 g/mol. The van der Waals surface area contributed by atoms with Crippen molar-refractivity contribution in [2.45, 2.75) is 39.2 Å². The van der Waals surface area contributed by atoms with E-state index in [9.17, 15) is 0 Å². The highest BCUT2D eigenvalue weighted by Gasteiger charge is 2.21. The van der Waals surface area contributed by atoms with Gasteiger partial charge in [0, 0.05) is 31.4 Å². The first-order chi connectivity index (χ1) is 12.2. The molecular weight excluding hydrogens is 314 g/mol. The molecule has 1 fully saturated rings. The van der Waals surface area contributed by atoms with Crippen LogP contribution in [0.2, 0.25) is 0 Å². The molecule has 3 heterocycles. The fourth-order valence-corrected chi connectivity index (χ4v) is 3.36. The number of hydrogen-bond donors (Lipinski definition) is 1. The predicted molar refractivity (Wildman–Crippen MR) is 96.8 cm³/mol. The SMILES string of the molecule is Cc1cc(C2CCOCC2)n2nc(NCc3ccccc3C)nc2n1. The number of aryl methyl sites for hydroxylation is 2. The molecule has 0 bridgehead atoms. The third-order valence-electron chi connectivity index (χ3n) is 4.81. The Morgan fingerprint density at radius 1 is 1.16 bits per heavy atom. The second-order valence-electron chi connectivity index (χ2n) is 6.64. The van der Waals surface area contributed by atoms with Crippen molar-refractivity contribution in [1.29, 1.82) is 0 Å². The zero-order valence-electron chi connectivity index (χ0n) is 14.7. The summed E-state index contributed by atoms with van der Waals surface area (Å²) >= 11 is 0. The first kappa shape index (κ1) is 16.0. The number of anilines is 1. The number of hydrogen-bond acceptors (Lipinski definition) is 5. The second-order valence-corrected chi connectivity index (χ2v) is 6.64. The average molecular weight is 337 g/mol. The fourth-order valence-electron chi connectivity index (χ4n) is 3.36. The van der Waals surface area contributed by atoms with E-state index in [1.54, 1.807) is 0 Å². The van der Waals surface area contributed by atoms with Crippen LogP contribution in [0.15, 0.2) is 30.3 Å². The molecule has 6 nitrogen and oxygen atoms in total. The smallest absolute Gasteiger partial charge is 0.254 e. The van der Waals surface area contributed by atoms with Gasteiger partial charge < -0.3 is 10.1 Å². The van der Waals surface area contributed by atoms with Crippen LogP contribution >= 0.6 is 0 Å². The van der Waals surface area contributed by atoms with Gasteiger partial charge in [-0.3, -0.25) is 0 Å². The van der Waals surface area contributed by atoms with Crippen molar-refractivity contribution in [2.24, 2.45) is 0 Å². The van der Waals surface area contributed by atoms with Gasteiger partial charge in [0.15, 0.2) is 0 Å². The van der Waals surface area contributed by atoms with E-state index in [4.69, 9.17) is 4.74 Å². The van der Waals surface area contributed by atoms with E-state index >= 15 is 0 Å². The molecule has 4 rings (SSSR count). The van der Waals surface area contributed by atoms with Crippen LogP contribution in [0, 0.1) is 13.8 Å². The van der Waals surface area contributed by atoms with E-state index in [-0.39, 0.29) is 0 Å². The average Bonchev–Trinajstić information content (AvgIpc) is 3.04. The van der Waals surface area contributed by atoms with Gasteiger partial charge >= 0.3 is 0 Å². The van der Waals surface area contributed by atoms with Gasteiger partial charge in [0.2, 0.25) is 5.95 Å². The molecular formula is C19H23N5O. The van der Waals surface area contributed by atoms with Gasteiger partial charge in [0.1, 0.15) is 0 Å². The topological polar surface area (TPSA) is 64.3 Å². The lowest BCUT2D eigenvalue weighted by atomic mass is 9.96. The molecule has 0 amide bonds. The highest BCUT2D eigenvalue weighted by Crippen LogP contribution is 2.27. The Morgan fingerprint density at radius 2 is 1.96 bits per heavy atom. The highest BCUT2D eigenvalue weighted by molar-refractivity contribution is 5.41. The third kappa shape index (κ3) is 3.35. The van der Waals surface area contributed by atoms with Crippen molar-refractivity contribution >= 4 is 11.7 Å². The van der Waals surface area contributed by atoms with Gasteiger partial charge in [-0.1, -0.05) is 24.3 Å². The summed E-state index contributed by atoms with van der Waals surface area (Å²) in [5.74, 6) is 1.73. The van der Waals surface area contributed by atoms with Crippen LogP contribution in [0.5, 0.6) is 0 Å². The van der Waals surface area contributed by atoms with Crippen LogP contribution < -0.4 is 5.32 Å². The molecule has 1 saturated heterocycles. The van der Waals surface area contributed by atoms with Crippen molar-refractivity contribution < 1.29 is 4.74 Å². The lowest BCUT2D eigenvalue weighted by Crippen LogP contribution is -2.17. The maximum absolute atomic E-state index is 5.49.